The smallest absolute Gasteiger partial charge is 0.128 e. The SMILES string of the molecule is CCCNC(COCCC)c1nccn1CCC. The van der Waals surface area contributed by atoms with Gasteiger partial charge in [0.1, 0.15) is 5.82 Å². The average Bonchev–Trinajstić information content (AvgIpc) is 2.82. The molecule has 0 aliphatic carbocycles. The van der Waals surface area contributed by atoms with Crippen molar-refractivity contribution in [1.29, 1.82) is 0 Å². The van der Waals surface area contributed by atoms with Crippen molar-refractivity contribution in [3.05, 3.63) is 18.2 Å². The molecule has 4 heteroatoms. The third kappa shape index (κ3) is 4.78. The summed E-state index contributed by atoms with van der Waals surface area (Å²) in [6.45, 7) is 10.0. The van der Waals surface area contributed by atoms with Gasteiger partial charge in [0, 0.05) is 25.5 Å². The summed E-state index contributed by atoms with van der Waals surface area (Å²) in [6, 6.07) is 0.207. The Morgan fingerprint density at radius 2 is 2.11 bits per heavy atom. The summed E-state index contributed by atoms with van der Waals surface area (Å²) in [7, 11) is 0. The molecule has 0 aliphatic rings. The van der Waals surface area contributed by atoms with Gasteiger partial charge in [-0.25, -0.2) is 4.98 Å². The van der Waals surface area contributed by atoms with E-state index in [1.807, 2.05) is 6.20 Å². The van der Waals surface area contributed by atoms with Crippen LogP contribution in [-0.2, 0) is 11.3 Å². The molecule has 0 spiro atoms. The van der Waals surface area contributed by atoms with Crippen LogP contribution in [0.5, 0.6) is 0 Å². The van der Waals surface area contributed by atoms with Crippen molar-refractivity contribution in [2.75, 3.05) is 19.8 Å². The van der Waals surface area contributed by atoms with E-state index in [9.17, 15) is 0 Å². The maximum absolute atomic E-state index is 5.68. The molecule has 1 atom stereocenters. The fraction of sp³-hybridized carbons (Fsp3) is 0.786. The monoisotopic (exact) mass is 253 g/mol. The topological polar surface area (TPSA) is 39.1 Å². The average molecular weight is 253 g/mol. The minimum Gasteiger partial charge on any atom is -0.379 e. The molecule has 0 saturated carbocycles. The van der Waals surface area contributed by atoms with Crippen molar-refractivity contribution < 1.29 is 4.74 Å². The Bertz CT molecular complexity index is 312. The van der Waals surface area contributed by atoms with Crippen LogP contribution in [0.15, 0.2) is 12.4 Å². The Balaban J connectivity index is 2.63. The first kappa shape index (κ1) is 15.2. The summed E-state index contributed by atoms with van der Waals surface area (Å²) in [4.78, 5) is 4.49. The van der Waals surface area contributed by atoms with Gasteiger partial charge in [0.05, 0.1) is 12.6 Å². The summed E-state index contributed by atoms with van der Waals surface area (Å²) >= 11 is 0. The lowest BCUT2D eigenvalue weighted by Gasteiger charge is -2.19. The summed E-state index contributed by atoms with van der Waals surface area (Å²) in [5.41, 5.74) is 0. The molecule has 1 unspecified atom stereocenters. The first-order valence-corrected chi connectivity index (χ1v) is 7.15. The Morgan fingerprint density at radius 3 is 2.78 bits per heavy atom. The molecule has 1 aromatic heterocycles. The second-order valence-electron chi connectivity index (χ2n) is 4.56. The molecule has 0 bridgehead atoms. The van der Waals surface area contributed by atoms with Crippen molar-refractivity contribution in [2.45, 2.75) is 52.6 Å². The van der Waals surface area contributed by atoms with Gasteiger partial charge >= 0.3 is 0 Å². The van der Waals surface area contributed by atoms with Crippen LogP contribution in [0.25, 0.3) is 0 Å². The van der Waals surface area contributed by atoms with Gasteiger partial charge in [-0.05, 0) is 25.8 Å². The molecule has 0 fully saturated rings. The van der Waals surface area contributed by atoms with E-state index in [2.05, 4.69) is 41.8 Å². The quantitative estimate of drug-likeness (QED) is 0.652. The summed E-state index contributed by atoms with van der Waals surface area (Å²) in [5.74, 6) is 1.10. The van der Waals surface area contributed by atoms with E-state index in [0.717, 1.165) is 44.8 Å². The molecule has 0 aromatic carbocycles. The van der Waals surface area contributed by atoms with Crippen LogP contribution in [0, 0.1) is 0 Å². The highest BCUT2D eigenvalue weighted by Crippen LogP contribution is 2.12. The van der Waals surface area contributed by atoms with Gasteiger partial charge < -0.3 is 14.6 Å². The third-order valence-corrected chi connectivity index (χ3v) is 2.80. The van der Waals surface area contributed by atoms with Crippen molar-refractivity contribution in [2.24, 2.45) is 0 Å². The van der Waals surface area contributed by atoms with Gasteiger partial charge in [0.15, 0.2) is 0 Å². The lowest BCUT2D eigenvalue weighted by molar-refractivity contribution is 0.108. The van der Waals surface area contributed by atoms with Crippen LogP contribution in [-0.4, -0.2) is 29.3 Å². The molecule has 4 nitrogen and oxygen atoms in total. The zero-order valence-corrected chi connectivity index (χ0v) is 12.0. The fourth-order valence-electron chi connectivity index (χ4n) is 1.95. The van der Waals surface area contributed by atoms with Crippen molar-refractivity contribution >= 4 is 0 Å². The second-order valence-corrected chi connectivity index (χ2v) is 4.56. The van der Waals surface area contributed by atoms with Crippen LogP contribution >= 0.6 is 0 Å². The molecule has 1 N–H and O–H groups in total. The number of hydrogen-bond donors (Lipinski definition) is 1. The van der Waals surface area contributed by atoms with E-state index in [-0.39, 0.29) is 6.04 Å². The standard InChI is InChI=1S/C14H27N3O/c1-4-7-15-13(12-18-11-6-3)14-16-8-10-17(14)9-5-2/h8,10,13,15H,4-7,9,11-12H2,1-3H3. The summed E-state index contributed by atoms with van der Waals surface area (Å²) in [5, 5.41) is 3.52. The number of nitrogens with one attached hydrogen (secondary N) is 1. The predicted octanol–water partition coefficient (Wildman–Crippen LogP) is 2.76. The molecular weight excluding hydrogens is 226 g/mol. The number of aromatic nitrogens is 2. The van der Waals surface area contributed by atoms with Crippen molar-refractivity contribution in [3.8, 4) is 0 Å². The molecule has 1 heterocycles. The van der Waals surface area contributed by atoms with Gasteiger partial charge in [0.25, 0.3) is 0 Å². The Morgan fingerprint density at radius 1 is 1.28 bits per heavy atom. The normalized spacial score (nSPS) is 12.8. The van der Waals surface area contributed by atoms with E-state index < -0.39 is 0 Å². The number of hydrogen-bond acceptors (Lipinski definition) is 3. The first-order valence-electron chi connectivity index (χ1n) is 7.15. The molecule has 18 heavy (non-hydrogen) atoms. The third-order valence-electron chi connectivity index (χ3n) is 2.80. The molecule has 0 aliphatic heterocycles. The van der Waals surface area contributed by atoms with E-state index in [1.165, 1.54) is 0 Å². The number of nitrogens with zero attached hydrogens (tertiary/aromatic N) is 2. The van der Waals surface area contributed by atoms with E-state index >= 15 is 0 Å². The second kappa shape index (κ2) is 9.11. The highest BCUT2D eigenvalue weighted by Gasteiger charge is 2.16. The highest BCUT2D eigenvalue weighted by molar-refractivity contribution is 4.99. The minimum absolute atomic E-state index is 0.207. The number of rotatable bonds is 10. The Labute approximate surface area is 111 Å². The highest BCUT2D eigenvalue weighted by atomic mass is 16.5. The largest absolute Gasteiger partial charge is 0.379 e. The Hall–Kier alpha value is -0.870. The van der Waals surface area contributed by atoms with E-state index in [0.29, 0.717) is 6.61 Å². The van der Waals surface area contributed by atoms with Gasteiger partial charge in [0.2, 0.25) is 0 Å². The maximum Gasteiger partial charge on any atom is 0.128 e. The summed E-state index contributed by atoms with van der Waals surface area (Å²) in [6.07, 6.45) is 7.24. The minimum atomic E-state index is 0.207. The molecule has 1 aromatic rings. The molecule has 1 rings (SSSR count). The van der Waals surface area contributed by atoms with Crippen LogP contribution in [0.4, 0.5) is 0 Å². The zero-order valence-electron chi connectivity index (χ0n) is 12.0. The van der Waals surface area contributed by atoms with Gasteiger partial charge in [-0.15, -0.1) is 0 Å². The molecule has 0 amide bonds. The number of ether oxygens (including phenoxy) is 1. The Kier molecular flexibility index (Phi) is 7.69. The predicted molar refractivity (Wildman–Crippen MR) is 74.7 cm³/mol. The van der Waals surface area contributed by atoms with Gasteiger partial charge in [-0.3, -0.25) is 0 Å². The molecule has 0 radical (unpaired) electrons. The van der Waals surface area contributed by atoms with Crippen LogP contribution < -0.4 is 5.32 Å². The van der Waals surface area contributed by atoms with Crippen LogP contribution in [0.1, 0.15) is 51.9 Å². The van der Waals surface area contributed by atoms with Crippen LogP contribution in [0.3, 0.4) is 0 Å². The lowest BCUT2D eigenvalue weighted by Crippen LogP contribution is -2.29. The van der Waals surface area contributed by atoms with E-state index in [4.69, 9.17) is 4.74 Å². The fourth-order valence-corrected chi connectivity index (χ4v) is 1.95. The molecule has 0 saturated heterocycles. The van der Waals surface area contributed by atoms with E-state index in [1.54, 1.807) is 0 Å². The van der Waals surface area contributed by atoms with Crippen molar-refractivity contribution in [1.82, 2.24) is 14.9 Å². The van der Waals surface area contributed by atoms with Crippen molar-refractivity contribution in [3.63, 3.8) is 0 Å². The zero-order chi connectivity index (χ0) is 13.2. The lowest BCUT2D eigenvalue weighted by atomic mass is 10.2. The molecular formula is C14H27N3O. The van der Waals surface area contributed by atoms with Gasteiger partial charge in [-0.2, -0.15) is 0 Å². The molecule has 104 valence electrons. The summed E-state index contributed by atoms with van der Waals surface area (Å²) < 4.78 is 7.91. The maximum atomic E-state index is 5.68. The number of aryl methyl sites for hydroxylation is 1. The first-order chi connectivity index (χ1) is 8.83. The van der Waals surface area contributed by atoms with Crippen LogP contribution in [0.2, 0.25) is 0 Å². The number of imidazole rings is 1. The van der Waals surface area contributed by atoms with Gasteiger partial charge in [-0.1, -0.05) is 20.8 Å².